The minimum Gasteiger partial charge on any atom is -0.476 e. The van der Waals surface area contributed by atoms with Gasteiger partial charge >= 0.3 is 0 Å². The first-order valence-electron chi connectivity index (χ1n) is 8.33. The Morgan fingerprint density at radius 2 is 2.08 bits per heavy atom. The van der Waals surface area contributed by atoms with Crippen molar-refractivity contribution in [1.29, 1.82) is 0 Å². The molecule has 0 atom stereocenters. The van der Waals surface area contributed by atoms with E-state index in [1.165, 1.54) is 9.75 Å². The minimum atomic E-state index is -0.891. The van der Waals surface area contributed by atoms with Gasteiger partial charge in [-0.05, 0) is 63.9 Å². The van der Waals surface area contributed by atoms with Crippen LogP contribution in [-0.4, -0.2) is 17.4 Å². The van der Waals surface area contributed by atoms with Crippen molar-refractivity contribution in [2.45, 2.75) is 45.6 Å². The molecule has 1 aliphatic rings. The van der Waals surface area contributed by atoms with Gasteiger partial charge in [-0.25, -0.2) is 0 Å². The SMILES string of the molecule is Cc1ccc(CCCC(=O)Nc2ccc3c(c2)NC(=O)C(C)(C)O3)s1. The second kappa shape index (κ2) is 6.88. The van der Waals surface area contributed by atoms with E-state index in [0.29, 0.717) is 23.5 Å². The Kier molecular flexibility index (Phi) is 4.81. The number of hydrogen-bond acceptors (Lipinski definition) is 4. The van der Waals surface area contributed by atoms with Crippen LogP contribution in [0.5, 0.6) is 5.75 Å². The van der Waals surface area contributed by atoms with Gasteiger partial charge in [0.05, 0.1) is 5.69 Å². The number of benzene rings is 1. The Bertz CT molecular complexity index is 811. The molecule has 0 saturated heterocycles. The normalized spacial score (nSPS) is 15.1. The van der Waals surface area contributed by atoms with Gasteiger partial charge < -0.3 is 15.4 Å². The second-order valence-corrected chi connectivity index (χ2v) is 8.06. The molecule has 0 bridgehead atoms. The lowest BCUT2D eigenvalue weighted by atomic mass is 10.1. The second-order valence-electron chi connectivity index (χ2n) is 6.69. The Balaban J connectivity index is 1.55. The molecule has 2 aromatic rings. The van der Waals surface area contributed by atoms with Crippen molar-refractivity contribution < 1.29 is 14.3 Å². The molecule has 1 aromatic carbocycles. The van der Waals surface area contributed by atoms with E-state index in [-0.39, 0.29) is 11.8 Å². The van der Waals surface area contributed by atoms with Crippen LogP contribution in [0.4, 0.5) is 11.4 Å². The molecule has 0 aliphatic carbocycles. The largest absolute Gasteiger partial charge is 0.476 e. The lowest BCUT2D eigenvalue weighted by Crippen LogP contribution is -2.45. The number of amides is 2. The van der Waals surface area contributed by atoms with E-state index in [4.69, 9.17) is 4.74 Å². The minimum absolute atomic E-state index is 0.0309. The maximum Gasteiger partial charge on any atom is 0.268 e. The molecule has 5 nitrogen and oxygen atoms in total. The molecule has 0 saturated carbocycles. The van der Waals surface area contributed by atoms with E-state index < -0.39 is 5.60 Å². The highest BCUT2D eigenvalue weighted by atomic mass is 32.1. The van der Waals surface area contributed by atoms with Gasteiger partial charge in [0.25, 0.3) is 5.91 Å². The molecule has 0 radical (unpaired) electrons. The van der Waals surface area contributed by atoms with Crippen molar-refractivity contribution in [3.8, 4) is 5.75 Å². The maximum absolute atomic E-state index is 12.1. The van der Waals surface area contributed by atoms with Crippen molar-refractivity contribution in [2.75, 3.05) is 10.6 Å². The molecular formula is C19H22N2O3S. The van der Waals surface area contributed by atoms with Gasteiger partial charge in [0.1, 0.15) is 5.75 Å². The predicted octanol–water partition coefficient (Wildman–Crippen LogP) is 4.13. The van der Waals surface area contributed by atoms with E-state index in [2.05, 4.69) is 29.7 Å². The fourth-order valence-electron chi connectivity index (χ4n) is 2.65. The van der Waals surface area contributed by atoms with Crippen LogP contribution >= 0.6 is 11.3 Å². The topological polar surface area (TPSA) is 67.4 Å². The number of rotatable bonds is 5. The van der Waals surface area contributed by atoms with E-state index in [1.807, 2.05) is 0 Å². The summed E-state index contributed by atoms with van der Waals surface area (Å²) in [6.45, 7) is 5.52. The lowest BCUT2D eigenvalue weighted by molar-refractivity contribution is -0.129. The van der Waals surface area contributed by atoms with Crippen molar-refractivity contribution >= 4 is 34.5 Å². The van der Waals surface area contributed by atoms with Gasteiger partial charge in [0, 0.05) is 21.9 Å². The summed E-state index contributed by atoms with van der Waals surface area (Å²) in [6, 6.07) is 9.49. The highest BCUT2D eigenvalue weighted by molar-refractivity contribution is 7.11. The summed E-state index contributed by atoms with van der Waals surface area (Å²) >= 11 is 1.77. The molecular weight excluding hydrogens is 336 g/mol. The highest BCUT2D eigenvalue weighted by Gasteiger charge is 2.35. The third kappa shape index (κ3) is 4.20. The molecule has 2 amide bonds. The highest BCUT2D eigenvalue weighted by Crippen LogP contribution is 2.35. The molecule has 2 heterocycles. The summed E-state index contributed by atoms with van der Waals surface area (Å²) < 4.78 is 5.68. The van der Waals surface area contributed by atoms with Gasteiger partial charge in [-0.1, -0.05) is 0 Å². The monoisotopic (exact) mass is 358 g/mol. The van der Waals surface area contributed by atoms with E-state index in [9.17, 15) is 9.59 Å². The lowest BCUT2D eigenvalue weighted by Gasteiger charge is -2.31. The number of thiophene rings is 1. The molecule has 1 aromatic heterocycles. The third-order valence-corrected chi connectivity index (χ3v) is 5.11. The Labute approximate surface area is 151 Å². The number of nitrogens with one attached hydrogen (secondary N) is 2. The first-order chi connectivity index (χ1) is 11.8. The molecule has 0 fully saturated rings. The van der Waals surface area contributed by atoms with Crippen LogP contribution in [-0.2, 0) is 16.0 Å². The number of fused-ring (bicyclic) bond motifs is 1. The predicted molar refractivity (Wildman–Crippen MR) is 100 cm³/mol. The summed E-state index contributed by atoms with van der Waals surface area (Å²) in [6.07, 6.45) is 2.18. The number of carbonyl (C=O) groups excluding carboxylic acids is 2. The van der Waals surface area contributed by atoms with Crippen LogP contribution in [0, 0.1) is 6.92 Å². The number of anilines is 2. The quantitative estimate of drug-likeness (QED) is 0.844. The van der Waals surface area contributed by atoms with Crippen LogP contribution in [0.15, 0.2) is 30.3 Å². The van der Waals surface area contributed by atoms with Crippen LogP contribution in [0.3, 0.4) is 0 Å². The Hall–Kier alpha value is -2.34. The molecule has 1 aliphatic heterocycles. The van der Waals surface area contributed by atoms with Crippen molar-refractivity contribution in [3.05, 3.63) is 40.1 Å². The molecule has 25 heavy (non-hydrogen) atoms. The number of aryl methyl sites for hydroxylation is 2. The van der Waals surface area contributed by atoms with E-state index >= 15 is 0 Å². The standard InChI is InChI=1S/C19H22N2O3S/c1-12-7-9-14(25-12)5-4-6-17(22)20-13-8-10-16-15(11-13)21-18(23)19(2,3)24-16/h7-11H,4-6H2,1-3H3,(H,20,22)(H,21,23). The van der Waals surface area contributed by atoms with E-state index in [1.54, 1.807) is 43.4 Å². The zero-order valence-corrected chi connectivity index (χ0v) is 15.5. The average Bonchev–Trinajstić information content (AvgIpc) is 2.94. The van der Waals surface area contributed by atoms with Crippen molar-refractivity contribution in [3.63, 3.8) is 0 Å². The van der Waals surface area contributed by atoms with Crippen molar-refractivity contribution in [1.82, 2.24) is 0 Å². The van der Waals surface area contributed by atoms with Crippen LogP contribution < -0.4 is 15.4 Å². The van der Waals surface area contributed by atoms with Crippen LogP contribution in [0.25, 0.3) is 0 Å². The average molecular weight is 358 g/mol. The molecule has 132 valence electrons. The molecule has 0 unspecified atom stereocenters. The summed E-state index contributed by atoms with van der Waals surface area (Å²) in [5.74, 6) is 0.377. The van der Waals surface area contributed by atoms with Crippen LogP contribution in [0.1, 0.15) is 36.4 Å². The van der Waals surface area contributed by atoms with Crippen LogP contribution in [0.2, 0.25) is 0 Å². The van der Waals surface area contributed by atoms with Gasteiger partial charge in [0.15, 0.2) is 5.60 Å². The fraction of sp³-hybridized carbons (Fsp3) is 0.368. The summed E-state index contributed by atoms with van der Waals surface area (Å²) in [4.78, 5) is 26.7. The van der Waals surface area contributed by atoms with Crippen molar-refractivity contribution in [2.24, 2.45) is 0 Å². The molecule has 3 rings (SSSR count). The third-order valence-electron chi connectivity index (χ3n) is 4.05. The maximum atomic E-state index is 12.1. The first-order valence-corrected chi connectivity index (χ1v) is 9.15. The number of hydrogen-bond donors (Lipinski definition) is 2. The zero-order valence-electron chi connectivity index (χ0n) is 14.6. The summed E-state index contributed by atoms with van der Waals surface area (Å²) in [5.41, 5.74) is 0.341. The molecule has 6 heteroatoms. The summed E-state index contributed by atoms with van der Waals surface area (Å²) in [7, 11) is 0. The van der Waals surface area contributed by atoms with E-state index in [0.717, 1.165) is 12.8 Å². The first kappa shape index (κ1) is 17.5. The zero-order chi connectivity index (χ0) is 18.0. The smallest absolute Gasteiger partial charge is 0.268 e. The van der Waals surface area contributed by atoms with Gasteiger partial charge in [-0.2, -0.15) is 0 Å². The number of ether oxygens (including phenoxy) is 1. The Morgan fingerprint density at radius 1 is 1.28 bits per heavy atom. The van der Waals surface area contributed by atoms with Gasteiger partial charge in [0.2, 0.25) is 5.91 Å². The molecule has 2 N–H and O–H groups in total. The van der Waals surface area contributed by atoms with Gasteiger partial charge in [-0.3, -0.25) is 9.59 Å². The van der Waals surface area contributed by atoms with Gasteiger partial charge in [-0.15, -0.1) is 11.3 Å². The summed E-state index contributed by atoms with van der Waals surface area (Å²) in [5, 5.41) is 5.69. The molecule has 0 spiro atoms. The fourth-order valence-corrected chi connectivity index (χ4v) is 3.59. The number of carbonyl (C=O) groups is 2. The Morgan fingerprint density at radius 3 is 2.80 bits per heavy atom.